The van der Waals surface area contributed by atoms with E-state index in [0.717, 1.165) is 6.42 Å². The van der Waals surface area contributed by atoms with Gasteiger partial charge >= 0.3 is 6.18 Å². The Morgan fingerprint density at radius 3 is 2.80 bits per heavy atom. The fourth-order valence-corrected chi connectivity index (χ4v) is 2.02. The number of rotatable bonds is 6. The molecule has 0 saturated carbocycles. The highest BCUT2D eigenvalue weighted by Crippen LogP contribution is 2.22. The van der Waals surface area contributed by atoms with Crippen LogP contribution >= 0.6 is 24.0 Å². The first kappa shape index (κ1) is 19.7. The van der Waals surface area contributed by atoms with Gasteiger partial charge in [-0.15, -0.1) is 24.0 Å². The van der Waals surface area contributed by atoms with Crippen LogP contribution in [0.2, 0.25) is 0 Å². The van der Waals surface area contributed by atoms with Crippen molar-refractivity contribution in [1.82, 2.24) is 10.2 Å². The summed E-state index contributed by atoms with van der Waals surface area (Å²) in [5.74, 6) is 0.455. The predicted molar refractivity (Wildman–Crippen MR) is 82.4 cm³/mol. The lowest BCUT2D eigenvalue weighted by Crippen LogP contribution is -2.35. The number of nitrogens with zero attached hydrogens (tertiary/aromatic N) is 2. The highest BCUT2D eigenvalue weighted by Gasteiger charge is 2.34. The molecule has 1 heterocycles. The maximum Gasteiger partial charge on any atom is 0.401 e. The van der Waals surface area contributed by atoms with E-state index in [2.05, 4.69) is 10.3 Å². The molecule has 0 radical (unpaired) electrons. The van der Waals surface area contributed by atoms with Crippen LogP contribution in [0.1, 0.15) is 6.42 Å². The number of ether oxygens (including phenoxy) is 1. The maximum atomic E-state index is 12.2. The highest BCUT2D eigenvalue weighted by atomic mass is 127. The van der Waals surface area contributed by atoms with Gasteiger partial charge in [-0.1, -0.05) is 0 Å². The summed E-state index contributed by atoms with van der Waals surface area (Å²) in [5, 5.41) is 2.87. The number of guanidine groups is 1. The smallest absolute Gasteiger partial charge is 0.383 e. The van der Waals surface area contributed by atoms with Crippen molar-refractivity contribution in [1.29, 1.82) is 0 Å². The number of hydrogen-bond donors (Lipinski definition) is 2. The molecule has 0 spiro atoms. The number of aliphatic imine (C=N–C) groups is 1. The van der Waals surface area contributed by atoms with Gasteiger partial charge in [-0.25, -0.2) is 0 Å². The van der Waals surface area contributed by atoms with Crippen molar-refractivity contribution < 1.29 is 17.9 Å². The van der Waals surface area contributed by atoms with Crippen molar-refractivity contribution in [2.24, 2.45) is 16.6 Å². The third-order valence-corrected chi connectivity index (χ3v) is 2.90. The van der Waals surface area contributed by atoms with E-state index in [1.54, 1.807) is 7.11 Å². The quantitative estimate of drug-likeness (QED) is 0.297. The van der Waals surface area contributed by atoms with Gasteiger partial charge in [0, 0.05) is 26.7 Å². The molecular weight excluding hydrogens is 388 g/mol. The number of methoxy groups -OCH3 is 1. The summed E-state index contributed by atoms with van der Waals surface area (Å²) in [6, 6.07) is 0. The Morgan fingerprint density at radius 1 is 1.50 bits per heavy atom. The Hall–Kier alpha value is -0.290. The van der Waals surface area contributed by atoms with Crippen LogP contribution in [-0.4, -0.2) is 63.5 Å². The van der Waals surface area contributed by atoms with Crippen molar-refractivity contribution in [3.05, 3.63) is 0 Å². The molecule has 9 heteroatoms. The van der Waals surface area contributed by atoms with Crippen LogP contribution in [-0.2, 0) is 4.74 Å². The molecule has 20 heavy (non-hydrogen) atoms. The molecule has 0 aromatic heterocycles. The van der Waals surface area contributed by atoms with Gasteiger partial charge in [0.1, 0.15) is 0 Å². The van der Waals surface area contributed by atoms with Crippen molar-refractivity contribution in [2.75, 3.05) is 46.4 Å². The Balaban J connectivity index is 0.00000361. The van der Waals surface area contributed by atoms with Gasteiger partial charge < -0.3 is 15.8 Å². The summed E-state index contributed by atoms with van der Waals surface area (Å²) in [4.78, 5) is 5.54. The molecule has 1 aliphatic heterocycles. The Kier molecular flexibility index (Phi) is 9.47. The van der Waals surface area contributed by atoms with E-state index in [4.69, 9.17) is 10.5 Å². The van der Waals surface area contributed by atoms with E-state index >= 15 is 0 Å². The fraction of sp³-hybridized carbons (Fsp3) is 0.909. The Bertz CT molecular complexity index is 302. The average molecular weight is 410 g/mol. The lowest BCUT2D eigenvalue weighted by molar-refractivity contribution is -0.143. The molecule has 120 valence electrons. The highest BCUT2D eigenvalue weighted by molar-refractivity contribution is 14.0. The third-order valence-electron chi connectivity index (χ3n) is 2.90. The molecule has 0 aromatic carbocycles. The number of nitrogens with one attached hydrogen (secondary N) is 1. The third kappa shape index (κ3) is 8.80. The first-order valence-corrected chi connectivity index (χ1v) is 6.22. The SMILES string of the molecule is COCCNC(N)=NCC1CCN(CC(F)(F)F)C1.I. The predicted octanol–water partition coefficient (Wildman–Crippen LogP) is 1.04. The molecule has 1 aliphatic rings. The van der Waals surface area contributed by atoms with Gasteiger partial charge in [-0.3, -0.25) is 9.89 Å². The topological polar surface area (TPSA) is 62.9 Å². The van der Waals surface area contributed by atoms with Crippen LogP contribution in [0.15, 0.2) is 4.99 Å². The molecule has 1 atom stereocenters. The van der Waals surface area contributed by atoms with Crippen molar-refractivity contribution in [3.63, 3.8) is 0 Å². The summed E-state index contributed by atoms with van der Waals surface area (Å²) in [5.41, 5.74) is 5.62. The van der Waals surface area contributed by atoms with Crippen LogP contribution in [0.4, 0.5) is 13.2 Å². The van der Waals surface area contributed by atoms with E-state index in [9.17, 15) is 13.2 Å². The summed E-state index contributed by atoms with van der Waals surface area (Å²) in [7, 11) is 1.59. The second kappa shape index (κ2) is 9.61. The number of nitrogens with two attached hydrogens (primary N) is 1. The van der Waals surface area contributed by atoms with Crippen LogP contribution < -0.4 is 11.1 Å². The zero-order valence-corrected chi connectivity index (χ0v) is 13.8. The first-order chi connectivity index (χ1) is 8.90. The monoisotopic (exact) mass is 410 g/mol. The molecular formula is C11H22F3IN4O. The average Bonchev–Trinajstić information content (AvgIpc) is 2.72. The lowest BCUT2D eigenvalue weighted by atomic mass is 10.1. The van der Waals surface area contributed by atoms with Crippen LogP contribution in [0, 0.1) is 5.92 Å². The Morgan fingerprint density at radius 2 is 2.20 bits per heavy atom. The molecule has 1 unspecified atom stereocenters. The zero-order chi connectivity index (χ0) is 14.3. The van der Waals surface area contributed by atoms with E-state index in [0.29, 0.717) is 38.7 Å². The van der Waals surface area contributed by atoms with E-state index < -0.39 is 12.7 Å². The van der Waals surface area contributed by atoms with Gasteiger partial charge in [0.15, 0.2) is 5.96 Å². The molecule has 0 bridgehead atoms. The second-order valence-electron chi connectivity index (χ2n) is 4.65. The molecule has 3 N–H and O–H groups in total. The number of halogens is 4. The first-order valence-electron chi connectivity index (χ1n) is 6.22. The molecule has 5 nitrogen and oxygen atoms in total. The van der Waals surface area contributed by atoms with Crippen LogP contribution in [0.3, 0.4) is 0 Å². The zero-order valence-electron chi connectivity index (χ0n) is 11.4. The van der Waals surface area contributed by atoms with Crippen molar-refractivity contribution in [2.45, 2.75) is 12.6 Å². The lowest BCUT2D eigenvalue weighted by Gasteiger charge is -2.17. The van der Waals surface area contributed by atoms with Crippen LogP contribution in [0.25, 0.3) is 0 Å². The van der Waals surface area contributed by atoms with Crippen molar-refractivity contribution >= 4 is 29.9 Å². The number of likely N-dealkylation sites (tertiary alicyclic amines) is 1. The maximum absolute atomic E-state index is 12.2. The largest absolute Gasteiger partial charge is 0.401 e. The van der Waals surface area contributed by atoms with Gasteiger partial charge in [0.25, 0.3) is 0 Å². The molecule has 0 amide bonds. The van der Waals surface area contributed by atoms with Crippen LogP contribution in [0.5, 0.6) is 0 Å². The molecule has 0 aliphatic carbocycles. The number of alkyl halides is 3. The molecule has 1 fully saturated rings. The Labute approximate surface area is 134 Å². The summed E-state index contributed by atoms with van der Waals surface area (Å²) < 4.78 is 41.5. The summed E-state index contributed by atoms with van der Waals surface area (Å²) >= 11 is 0. The standard InChI is InChI=1S/C11H21F3N4O.HI/c1-19-5-3-16-10(15)17-6-9-2-4-18(7-9)8-11(12,13)14;/h9H,2-8H2,1H3,(H3,15,16,17);1H. The normalized spacial score (nSPS) is 20.8. The van der Waals surface area contributed by atoms with Gasteiger partial charge in [0.2, 0.25) is 0 Å². The summed E-state index contributed by atoms with van der Waals surface area (Å²) in [6.45, 7) is 1.61. The number of hydrogen-bond acceptors (Lipinski definition) is 3. The minimum Gasteiger partial charge on any atom is -0.383 e. The molecule has 1 rings (SSSR count). The van der Waals surface area contributed by atoms with Crippen molar-refractivity contribution in [3.8, 4) is 0 Å². The van der Waals surface area contributed by atoms with E-state index in [1.807, 2.05) is 0 Å². The van der Waals surface area contributed by atoms with E-state index in [1.165, 1.54) is 4.90 Å². The minimum atomic E-state index is -4.13. The minimum absolute atomic E-state index is 0. The van der Waals surface area contributed by atoms with Gasteiger partial charge in [-0.2, -0.15) is 13.2 Å². The summed E-state index contributed by atoms with van der Waals surface area (Å²) in [6.07, 6.45) is -3.40. The molecule has 1 saturated heterocycles. The fourth-order valence-electron chi connectivity index (χ4n) is 2.02. The molecule has 0 aromatic rings. The van der Waals surface area contributed by atoms with Gasteiger partial charge in [-0.05, 0) is 18.9 Å². The van der Waals surface area contributed by atoms with Gasteiger partial charge in [0.05, 0.1) is 13.2 Å². The van der Waals surface area contributed by atoms with E-state index in [-0.39, 0.29) is 29.9 Å². The second-order valence-corrected chi connectivity index (χ2v) is 4.65.